The topological polar surface area (TPSA) is 82.0 Å². The highest BCUT2D eigenvalue weighted by Gasteiger charge is 2.12. The number of rotatable bonds is 9. The van der Waals surface area contributed by atoms with Gasteiger partial charge in [0.2, 0.25) is 0 Å². The molecule has 0 aliphatic carbocycles. The minimum atomic E-state index is -0.692. The van der Waals surface area contributed by atoms with E-state index in [1.165, 1.54) is 6.07 Å². The molecule has 0 amide bonds. The van der Waals surface area contributed by atoms with Gasteiger partial charge in [0.15, 0.2) is 0 Å². The first kappa shape index (κ1) is 18.5. The molecule has 6 heteroatoms. The van der Waals surface area contributed by atoms with Gasteiger partial charge in [-0.1, -0.05) is 35.9 Å². The molecule has 5 nitrogen and oxygen atoms in total. The first-order valence-electron chi connectivity index (χ1n) is 7.76. The minimum Gasteiger partial charge on any atom is -0.506 e. The minimum absolute atomic E-state index is 0.0300. The van der Waals surface area contributed by atoms with E-state index in [0.29, 0.717) is 18.7 Å². The Kier molecular flexibility index (Phi) is 7.34. The fourth-order valence-corrected chi connectivity index (χ4v) is 2.44. The normalized spacial score (nSPS) is 13.5. The molecule has 24 heavy (non-hydrogen) atoms. The number of ether oxygens (including phenoxy) is 1. The van der Waals surface area contributed by atoms with Gasteiger partial charge in [0.1, 0.15) is 24.2 Å². The van der Waals surface area contributed by atoms with Crippen LogP contribution in [0.4, 0.5) is 0 Å². The standard InChI is InChI=1S/C18H22ClNO4/c19-17-9-13(6-7-18(17)23)8-14(11-21)20-10-15(22)12-24-16-4-2-1-3-5-16/h1-7,9,14-15,20-23H,8,10-12H2/t14-,15-/m0/s1. The molecule has 0 bridgehead atoms. The molecule has 2 aromatic carbocycles. The third-order valence-corrected chi connectivity index (χ3v) is 3.85. The Morgan fingerprint density at radius 1 is 1.12 bits per heavy atom. The lowest BCUT2D eigenvalue weighted by Crippen LogP contribution is -2.41. The van der Waals surface area contributed by atoms with Gasteiger partial charge >= 0.3 is 0 Å². The van der Waals surface area contributed by atoms with Crippen LogP contribution in [0.15, 0.2) is 48.5 Å². The molecule has 0 unspecified atom stereocenters. The zero-order valence-electron chi connectivity index (χ0n) is 13.2. The predicted octanol–water partition coefficient (Wildman–Crippen LogP) is 1.98. The van der Waals surface area contributed by atoms with Crippen molar-refractivity contribution < 1.29 is 20.1 Å². The summed E-state index contributed by atoms with van der Waals surface area (Å²) >= 11 is 5.88. The molecular formula is C18H22ClNO4. The van der Waals surface area contributed by atoms with E-state index in [0.717, 1.165) is 5.56 Å². The number of hydrogen-bond donors (Lipinski definition) is 4. The summed E-state index contributed by atoms with van der Waals surface area (Å²) in [6, 6.07) is 14.0. The molecule has 0 fully saturated rings. The smallest absolute Gasteiger partial charge is 0.134 e. The molecule has 130 valence electrons. The first-order valence-corrected chi connectivity index (χ1v) is 8.14. The highest BCUT2D eigenvalue weighted by Crippen LogP contribution is 2.24. The zero-order chi connectivity index (χ0) is 17.4. The van der Waals surface area contributed by atoms with Gasteiger partial charge < -0.3 is 25.4 Å². The van der Waals surface area contributed by atoms with Crippen LogP contribution in [0.25, 0.3) is 0 Å². The lowest BCUT2D eigenvalue weighted by Gasteiger charge is -2.19. The van der Waals surface area contributed by atoms with Crippen LogP contribution < -0.4 is 10.1 Å². The Labute approximate surface area is 146 Å². The predicted molar refractivity (Wildman–Crippen MR) is 93.6 cm³/mol. The van der Waals surface area contributed by atoms with Crippen LogP contribution in [0.1, 0.15) is 5.56 Å². The zero-order valence-corrected chi connectivity index (χ0v) is 14.0. The van der Waals surface area contributed by atoms with Crippen molar-refractivity contribution in [2.75, 3.05) is 19.8 Å². The van der Waals surface area contributed by atoms with E-state index in [1.54, 1.807) is 12.1 Å². The van der Waals surface area contributed by atoms with E-state index in [2.05, 4.69) is 5.32 Å². The molecule has 4 N–H and O–H groups in total. The molecule has 0 aliphatic rings. The summed E-state index contributed by atoms with van der Waals surface area (Å²) in [5.41, 5.74) is 0.888. The Morgan fingerprint density at radius 2 is 1.88 bits per heavy atom. The molecule has 0 heterocycles. The van der Waals surface area contributed by atoms with Crippen molar-refractivity contribution in [2.45, 2.75) is 18.6 Å². The number of aromatic hydroxyl groups is 1. The number of phenolic OH excluding ortho intramolecular Hbond substituents is 1. The molecule has 0 aliphatic heterocycles. The molecule has 0 saturated heterocycles. The monoisotopic (exact) mass is 351 g/mol. The van der Waals surface area contributed by atoms with Crippen molar-refractivity contribution in [1.82, 2.24) is 5.32 Å². The van der Waals surface area contributed by atoms with E-state index < -0.39 is 6.10 Å². The fraction of sp³-hybridized carbons (Fsp3) is 0.333. The van der Waals surface area contributed by atoms with E-state index in [9.17, 15) is 15.3 Å². The number of phenols is 1. The average Bonchev–Trinajstić information content (AvgIpc) is 2.60. The van der Waals surface area contributed by atoms with Gasteiger partial charge in [-0.15, -0.1) is 0 Å². The van der Waals surface area contributed by atoms with Gasteiger partial charge in [-0.05, 0) is 36.2 Å². The number of hydrogen-bond acceptors (Lipinski definition) is 5. The van der Waals surface area contributed by atoms with E-state index in [4.69, 9.17) is 16.3 Å². The van der Waals surface area contributed by atoms with Crippen LogP contribution in [0, 0.1) is 0 Å². The van der Waals surface area contributed by atoms with Crippen LogP contribution in [-0.4, -0.2) is 47.2 Å². The molecule has 0 aromatic heterocycles. The van der Waals surface area contributed by atoms with Crippen LogP contribution in [-0.2, 0) is 6.42 Å². The molecule has 2 atom stereocenters. The first-order chi connectivity index (χ1) is 11.6. The molecule has 2 aromatic rings. The highest BCUT2D eigenvalue weighted by atomic mass is 35.5. The maximum Gasteiger partial charge on any atom is 0.134 e. The van der Waals surface area contributed by atoms with Crippen LogP contribution >= 0.6 is 11.6 Å². The summed E-state index contributed by atoms with van der Waals surface area (Å²) in [6.07, 6.45) is -0.161. The van der Waals surface area contributed by atoms with Crippen molar-refractivity contribution in [2.24, 2.45) is 0 Å². The summed E-state index contributed by atoms with van der Waals surface area (Å²) in [5.74, 6) is 0.733. The van der Waals surface area contributed by atoms with E-state index >= 15 is 0 Å². The van der Waals surface area contributed by atoms with Crippen LogP contribution in [0.2, 0.25) is 5.02 Å². The van der Waals surface area contributed by atoms with Crippen molar-refractivity contribution in [1.29, 1.82) is 0 Å². The lowest BCUT2D eigenvalue weighted by molar-refractivity contribution is 0.0997. The van der Waals surface area contributed by atoms with Gasteiger partial charge in [-0.3, -0.25) is 0 Å². The summed E-state index contributed by atoms with van der Waals surface area (Å²) < 4.78 is 5.48. The lowest BCUT2D eigenvalue weighted by atomic mass is 10.1. The van der Waals surface area contributed by atoms with Crippen molar-refractivity contribution in [3.63, 3.8) is 0 Å². The fourth-order valence-electron chi connectivity index (χ4n) is 2.23. The third-order valence-electron chi connectivity index (χ3n) is 3.54. The second-order valence-electron chi connectivity index (χ2n) is 5.56. The average molecular weight is 352 g/mol. The Balaban J connectivity index is 1.76. The summed E-state index contributed by atoms with van der Waals surface area (Å²) in [4.78, 5) is 0. The summed E-state index contributed by atoms with van der Waals surface area (Å²) in [7, 11) is 0. The van der Waals surface area contributed by atoms with Crippen LogP contribution in [0.3, 0.4) is 0 Å². The SMILES string of the molecule is OC[C@H](Cc1ccc(O)c(Cl)c1)NC[C@H](O)COc1ccccc1. The number of aliphatic hydroxyl groups is 2. The van der Waals surface area contributed by atoms with Crippen molar-refractivity contribution >= 4 is 11.6 Å². The van der Waals surface area contributed by atoms with Crippen molar-refractivity contribution in [3.8, 4) is 11.5 Å². The number of halogens is 1. The number of aliphatic hydroxyl groups excluding tert-OH is 2. The van der Waals surface area contributed by atoms with Crippen LogP contribution in [0.5, 0.6) is 11.5 Å². The van der Waals surface area contributed by atoms with Gasteiger partial charge in [-0.2, -0.15) is 0 Å². The molecule has 0 spiro atoms. The van der Waals surface area contributed by atoms with Crippen molar-refractivity contribution in [3.05, 3.63) is 59.1 Å². The Morgan fingerprint density at radius 3 is 2.54 bits per heavy atom. The summed E-state index contributed by atoms with van der Waals surface area (Å²) in [5, 5.41) is 32.3. The van der Waals surface area contributed by atoms with Gasteiger partial charge in [0, 0.05) is 12.6 Å². The molecule has 2 rings (SSSR count). The number of para-hydroxylation sites is 1. The van der Waals surface area contributed by atoms with E-state index in [1.807, 2.05) is 30.3 Å². The Hall–Kier alpha value is -1.79. The summed E-state index contributed by atoms with van der Waals surface area (Å²) in [6.45, 7) is 0.384. The number of nitrogens with one attached hydrogen (secondary N) is 1. The van der Waals surface area contributed by atoms with Gasteiger partial charge in [0.05, 0.1) is 11.6 Å². The van der Waals surface area contributed by atoms with Gasteiger partial charge in [-0.25, -0.2) is 0 Å². The second kappa shape index (κ2) is 9.49. The molecular weight excluding hydrogens is 330 g/mol. The molecule has 0 radical (unpaired) electrons. The molecule has 0 saturated carbocycles. The maximum atomic E-state index is 9.98. The van der Waals surface area contributed by atoms with Gasteiger partial charge in [0.25, 0.3) is 0 Å². The third kappa shape index (κ3) is 6.02. The number of benzene rings is 2. The second-order valence-corrected chi connectivity index (χ2v) is 5.96. The quantitative estimate of drug-likeness (QED) is 0.555. The highest BCUT2D eigenvalue weighted by molar-refractivity contribution is 6.32. The maximum absolute atomic E-state index is 9.98. The van der Waals surface area contributed by atoms with E-state index in [-0.39, 0.29) is 30.0 Å². The Bertz CT molecular complexity index is 624. The largest absolute Gasteiger partial charge is 0.506 e.